The minimum Gasteiger partial charge on any atom is -0.352 e. The number of rotatable bonds is 4. The summed E-state index contributed by atoms with van der Waals surface area (Å²) in [4.78, 5) is 17.2. The molecule has 1 fully saturated rings. The number of anilines is 2. The van der Waals surface area contributed by atoms with Crippen molar-refractivity contribution >= 4 is 34.0 Å². The Morgan fingerprint density at radius 3 is 2.51 bits per heavy atom. The standard InChI is InChI=1S/C30H29ClN6/c1-20-7-10-23(19-32-20)34-26-17-28-30(18-27(26)33-22-13-15-36(2)16-14-22)37(24-11-8-21(31)9-12-24)29-6-4-3-5-25(29)35-28/h3-12,17-19,22,34H,13-16H2,1-2H3/b33-27+. The molecule has 6 rings (SSSR count). The molecule has 0 bridgehead atoms. The number of pyridine rings is 1. The average Bonchev–Trinajstić information content (AvgIpc) is 2.91. The first-order valence-corrected chi connectivity index (χ1v) is 13.0. The Balaban J connectivity index is 1.59. The molecule has 7 heteroatoms. The van der Waals surface area contributed by atoms with Crippen molar-refractivity contribution in [2.45, 2.75) is 25.8 Å². The van der Waals surface area contributed by atoms with Crippen molar-refractivity contribution in [1.29, 1.82) is 0 Å². The van der Waals surface area contributed by atoms with Crippen molar-refractivity contribution in [1.82, 2.24) is 19.4 Å². The molecular weight excluding hydrogens is 480 g/mol. The van der Waals surface area contributed by atoms with Crippen molar-refractivity contribution in [2.75, 3.05) is 25.5 Å². The Labute approximate surface area is 221 Å². The molecule has 1 saturated heterocycles. The topological polar surface area (TPSA) is 58.3 Å². The zero-order chi connectivity index (χ0) is 25.4. The second kappa shape index (κ2) is 9.96. The molecule has 0 atom stereocenters. The first-order valence-electron chi connectivity index (χ1n) is 12.7. The maximum Gasteiger partial charge on any atom is 0.0900 e. The van der Waals surface area contributed by atoms with Gasteiger partial charge in [0.2, 0.25) is 0 Å². The number of nitrogens with one attached hydrogen (secondary N) is 1. The second-order valence-corrected chi connectivity index (χ2v) is 10.2. The maximum absolute atomic E-state index is 6.23. The van der Waals surface area contributed by atoms with E-state index >= 15 is 0 Å². The summed E-state index contributed by atoms with van der Waals surface area (Å²) in [5.41, 5.74) is 7.72. The first-order chi connectivity index (χ1) is 18.0. The van der Waals surface area contributed by atoms with Crippen LogP contribution in [-0.2, 0) is 0 Å². The molecule has 2 aromatic carbocycles. The summed E-state index contributed by atoms with van der Waals surface area (Å²) in [5, 5.41) is 5.22. The average molecular weight is 509 g/mol. The van der Waals surface area contributed by atoms with E-state index in [2.05, 4.69) is 51.1 Å². The summed E-state index contributed by atoms with van der Waals surface area (Å²) in [6.07, 6.45) is 3.96. The highest BCUT2D eigenvalue weighted by Crippen LogP contribution is 2.31. The van der Waals surface area contributed by atoms with Crippen molar-refractivity contribution in [3.8, 4) is 17.1 Å². The van der Waals surface area contributed by atoms with E-state index in [-0.39, 0.29) is 6.04 Å². The Morgan fingerprint density at radius 1 is 0.973 bits per heavy atom. The number of piperidine rings is 1. The lowest BCUT2D eigenvalue weighted by atomic mass is 10.1. The van der Waals surface area contributed by atoms with Gasteiger partial charge >= 0.3 is 0 Å². The van der Waals surface area contributed by atoms with Crippen LogP contribution in [0.4, 0.5) is 11.4 Å². The predicted molar refractivity (Wildman–Crippen MR) is 151 cm³/mol. The number of hydrogen-bond donors (Lipinski definition) is 1. The first kappa shape index (κ1) is 23.6. The second-order valence-electron chi connectivity index (χ2n) is 9.75. The third kappa shape index (κ3) is 4.95. The van der Waals surface area contributed by atoms with Gasteiger partial charge in [-0.3, -0.25) is 9.98 Å². The van der Waals surface area contributed by atoms with E-state index < -0.39 is 0 Å². The zero-order valence-electron chi connectivity index (χ0n) is 21.0. The molecule has 1 N–H and O–H groups in total. The van der Waals surface area contributed by atoms with E-state index in [0.717, 1.165) is 76.5 Å². The fraction of sp³-hybridized carbons (Fsp3) is 0.233. The SMILES string of the molecule is Cc1ccc(Nc2cc3nc4ccccc4n(-c4ccc(Cl)cc4)c-3c/c2=N\C2CCN(C)CC2)cn1. The van der Waals surface area contributed by atoms with Gasteiger partial charge in [0.15, 0.2) is 0 Å². The molecule has 0 radical (unpaired) electrons. The van der Waals surface area contributed by atoms with Gasteiger partial charge in [0.1, 0.15) is 0 Å². The highest BCUT2D eigenvalue weighted by Gasteiger charge is 2.19. The predicted octanol–water partition coefficient (Wildman–Crippen LogP) is 6.23. The van der Waals surface area contributed by atoms with Crippen molar-refractivity contribution in [3.05, 3.63) is 95.1 Å². The van der Waals surface area contributed by atoms with E-state index in [1.54, 1.807) is 0 Å². The molecule has 0 saturated carbocycles. The normalized spacial score (nSPS) is 15.5. The zero-order valence-corrected chi connectivity index (χ0v) is 21.8. The minimum absolute atomic E-state index is 0.280. The number of aryl methyl sites for hydroxylation is 1. The highest BCUT2D eigenvalue weighted by molar-refractivity contribution is 6.30. The van der Waals surface area contributed by atoms with Gasteiger partial charge in [0.25, 0.3) is 0 Å². The largest absolute Gasteiger partial charge is 0.352 e. The van der Waals surface area contributed by atoms with Gasteiger partial charge in [-0.2, -0.15) is 0 Å². The van der Waals surface area contributed by atoms with Gasteiger partial charge in [0, 0.05) is 16.4 Å². The van der Waals surface area contributed by atoms with E-state index in [1.807, 2.05) is 61.7 Å². The van der Waals surface area contributed by atoms with E-state index in [1.165, 1.54) is 0 Å². The summed E-state index contributed by atoms with van der Waals surface area (Å²) >= 11 is 6.23. The van der Waals surface area contributed by atoms with Crippen molar-refractivity contribution in [2.24, 2.45) is 4.99 Å². The van der Waals surface area contributed by atoms with Gasteiger partial charge < -0.3 is 14.8 Å². The molecule has 3 heterocycles. The Hall–Kier alpha value is -3.74. The van der Waals surface area contributed by atoms with Gasteiger partial charge in [-0.1, -0.05) is 23.7 Å². The van der Waals surface area contributed by atoms with Crippen molar-refractivity contribution < 1.29 is 0 Å². The van der Waals surface area contributed by atoms with Crippen LogP contribution in [0, 0.1) is 6.92 Å². The minimum atomic E-state index is 0.280. The van der Waals surface area contributed by atoms with Gasteiger partial charge in [-0.15, -0.1) is 0 Å². The molecule has 3 aliphatic rings. The molecule has 37 heavy (non-hydrogen) atoms. The highest BCUT2D eigenvalue weighted by atomic mass is 35.5. The van der Waals surface area contributed by atoms with Crippen LogP contribution in [0.15, 0.2) is 84.0 Å². The van der Waals surface area contributed by atoms with Crippen molar-refractivity contribution in [3.63, 3.8) is 0 Å². The van der Waals surface area contributed by atoms with Crippen LogP contribution in [0.3, 0.4) is 0 Å². The molecule has 2 aliphatic heterocycles. The smallest absolute Gasteiger partial charge is 0.0900 e. The Kier molecular flexibility index (Phi) is 6.37. The molecule has 0 amide bonds. The molecular formula is C30H29ClN6. The van der Waals surface area contributed by atoms with Gasteiger partial charge in [-0.05, 0) is 101 Å². The fourth-order valence-electron chi connectivity index (χ4n) is 4.94. The van der Waals surface area contributed by atoms with Crippen LogP contribution in [-0.4, -0.2) is 45.6 Å². The van der Waals surface area contributed by atoms with Gasteiger partial charge in [-0.25, -0.2) is 4.98 Å². The lowest BCUT2D eigenvalue weighted by Gasteiger charge is -2.26. The summed E-state index contributed by atoms with van der Waals surface area (Å²) in [6.45, 7) is 4.11. The number of benzene rings is 3. The van der Waals surface area contributed by atoms with E-state index in [0.29, 0.717) is 5.02 Å². The van der Waals surface area contributed by atoms with E-state index in [9.17, 15) is 0 Å². The molecule has 186 valence electrons. The number of hydrogen-bond acceptors (Lipinski definition) is 5. The van der Waals surface area contributed by atoms with Crippen LogP contribution in [0.1, 0.15) is 18.5 Å². The third-order valence-electron chi connectivity index (χ3n) is 6.98. The van der Waals surface area contributed by atoms with Gasteiger partial charge in [0.05, 0.1) is 51.4 Å². The molecule has 0 spiro atoms. The molecule has 3 aromatic rings. The fourth-order valence-corrected chi connectivity index (χ4v) is 5.06. The molecule has 1 aliphatic carbocycles. The summed E-state index contributed by atoms with van der Waals surface area (Å²) < 4.78 is 2.25. The Bertz CT molecular complexity index is 1580. The lowest BCUT2D eigenvalue weighted by Crippen LogP contribution is -2.33. The number of likely N-dealkylation sites (tertiary alicyclic amines) is 1. The summed E-state index contributed by atoms with van der Waals surface area (Å²) in [7, 11) is 2.18. The van der Waals surface area contributed by atoms with E-state index in [4.69, 9.17) is 21.6 Å². The summed E-state index contributed by atoms with van der Waals surface area (Å²) in [6, 6.07) is 24.8. The molecule has 6 nitrogen and oxygen atoms in total. The number of aromatic nitrogens is 3. The molecule has 1 aromatic heterocycles. The molecule has 0 unspecified atom stereocenters. The lowest BCUT2D eigenvalue weighted by molar-refractivity contribution is 0.255. The summed E-state index contributed by atoms with van der Waals surface area (Å²) in [5.74, 6) is 0. The number of halogens is 1. The quantitative estimate of drug-likeness (QED) is 0.292. The maximum atomic E-state index is 6.23. The Morgan fingerprint density at radius 2 is 1.76 bits per heavy atom. The van der Waals surface area contributed by atoms with Crippen LogP contribution >= 0.6 is 11.6 Å². The van der Waals surface area contributed by atoms with Crippen LogP contribution < -0.4 is 10.7 Å². The van der Waals surface area contributed by atoms with Crippen LogP contribution in [0.5, 0.6) is 0 Å². The third-order valence-corrected chi connectivity index (χ3v) is 7.23. The number of para-hydroxylation sites is 2. The van der Waals surface area contributed by atoms with Crippen LogP contribution in [0.2, 0.25) is 5.02 Å². The number of fused-ring (bicyclic) bond motifs is 2. The van der Waals surface area contributed by atoms with Crippen LogP contribution in [0.25, 0.3) is 28.1 Å². The monoisotopic (exact) mass is 508 g/mol. The number of nitrogens with zero attached hydrogens (tertiary/aromatic N) is 5.